The Morgan fingerprint density at radius 2 is 2.04 bits per heavy atom. The maximum absolute atomic E-state index is 12.0. The van der Waals surface area contributed by atoms with Gasteiger partial charge in [0.15, 0.2) is 11.5 Å². The molecule has 1 amide bonds. The van der Waals surface area contributed by atoms with Crippen molar-refractivity contribution in [2.75, 3.05) is 14.2 Å². The van der Waals surface area contributed by atoms with E-state index in [-0.39, 0.29) is 11.3 Å². The van der Waals surface area contributed by atoms with Crippen LogP contribution in [0.15, 0.2) is 41.5 Å². The number of hydrogen-bond acceptors (Lipinski definition) is 6. The van der Waals surface area contributed by atoms with E-state index in [9.17, 15) is 14.9 Å². The van der Waals surface area contributed by atoms with Crippen LogP contribution in [-0.2, 0) is 0 Å². The quantitative estimate of drug-likeness (QED) is 0.482. The first-order chi connectivity index (χ1) is 12.0. The molecule has 130 valence electrons. The van der Waals surface area contributed by atoms with Gasteiger partial charge < -0.3 is 9.47 Å². The number of halogens is 1. The number of rotatable bonds is 6. The lowest BCUT2D eigenvalue weighted by Gasteiger charge is -2.09. The fraction of sp³-hybridized carbons (Fsp3) is 0.125. The Balaban J connectivity index is 2.13. The summed E-state index contributed by atoms with van der Waals surface area (Å²) in [6.07, 6.45) is 1.36. The summed E-state index contributed by atoms with van der Waals surface area (Å²) in [6.45, 7) is 0. The number of nitrogens with zero attached hydrogens (tertiary/aromatic N) is 2. The second-order valence-electron chi connectivity index (χ2n) is 4.74. The zero-order chi connectivity index (χ0) is 18.4. The molecule has 0 unspecified atom stereocenters. The van der Waals surface area contributed by atoms with Gasteiger partial charge in [-0.15, -0.1) is 0 Å². The van der Waals surface area contributed by atoms with E-state index in [1.54, 1.807) is 12.1 Å². The summed E-state index contributed by atoms with van der Waals surface area (Å²) in [5, 5.41) is 14.9. The Morgan fingerprint density at radius 1 is 1.28 bits per heavy atom. The number of methoxy groups -OCH3 is 2. The van der Waals surface area contributed by atoms with E-state index >= 15 is 0 Å². The zero-order valence-electron chi connectivity index (χ0n) is 13.4. The molecule has 2 aromatic carbocycles. The molecule has 0 aliphatic rings. The number of nitro benzene ring substituents is 1. The maximum atomic E-state index is 12.0. The lowest BCUT2D eigenvalue weighted by atomic mass is 10.2. The summed E-state index contributed by atoms with van der Waals surface area (Å²) in [5.74, 6) is 0.231. The SMILES string of the molecule is COc1cc(/C=N/NC(=O)c2cccc([N+](=O)[O-])c2)cc(Cl)c1OC. The van der Waals surface area contributed by atoms with Crippen molar-refractivity contribution in [1.82, 2.24) is 5.43 Å². The van der Waals surface area contributed by atoms with Gasteiger partial charge in [0, 0.05) is 17.7 Å². The average Bonchev–Trinajstić information content (AvgIpc) is 2.61. The number of carbonyl (C=O) groups is 1. The number of non-ortho nitro benzene ring substituents is 1. The van der Waals surface area contributed by atoms with Crippen molar-refractivity contribution >= 4 is 29.4 Å². The van der Waals surface area contributed by atoms with Gasteiger partial charge in [0.25, 0.3) is 11.6 Å². The molecular weight excluding hydrogens is 350 g/mol. The van der Waals surface area contributed by atoms with Crippen LogP contribution < -0.4 is 14.9 Å². The lowest BCUT2D eigenvalue weighted by molar-refractivity contribution is -0.384. The van der Waals surface area contributed by atoms with Crippen LogP contribution in [0.3, 0.4) is 0 Å². The van der Waals surface area contributed by atoms with E-state index in [0.29, 0.717) is 22.1 Å². The van der Waals surface area contributed by atoms with Crippen LogP contribution in [0.4, 0.5) is 5.69 Å². The van der Waals surface area contributed by atoms with Crippen LogP contribution in [0.1, 0.15) is 15.9 Å². The number of nitrogens with one attached hydrogen (secondary N) is 1. The summed E-state index contributed by atoms with van der Waals surface area (Å²) >= 11 is 6.08. The first kappa shape index (κ1) is 18.2. The van der Waals surface area contributed by atoms with Crippen molar-refractivity contribution in [3.8, 4) is 11.5 Å². The minimum absolute atomic E-state index is 0.122. The van der Waals surface area contributed by atoms with Crippen LogP contribution in [0.5, 0.6) is 11.5 Å². The summed E-state index contributed by atoms with van der Waals surface area (Å²) in [6, 6.07) is 8.56. The molecule has 2 rings (SSSR count). The molecule has 0 fully saturated rings. The molecule has 2 aromatic rings. The summed E-state index contributed by atoms with van der Waals surface area (Å²) in [5.41, 5.74) is 2.81. The third-order valence-corrected chi connectivity index (χ3v) is 3.44. The van der Waals surface area contributed by atoms with Crippen molar-refractivity contribution in [3.05, 3.63) is 62.7 Å². The van der Waals surface area contributed by atoms with Gasteiger partial charge in [-0.05, 0) is 23.8 Å². The van der Waals surface area contributed by atoms with Crippen LogP contribution in [0, 0.1) is 10.1 Å². The maximum Gasteiger partial charge on any atom is 0.271 e. The minimum Gasteiger partial charge on any atom is -0.493 e. The molecule has 9 heteroatoms. The Kier molecular flexibility index (Phi) is 5.91. The topological polar surface area (TPSA) is 103 Å². The zero-order valence-corrected chi connectivity index (χ0v) is 14.1. The first-order valence-electron chi connectivity index (χ1n) is 6.95. The third kappa shape index (κ3) is 4.45. The molecule has 0 spiro atoms. The molecule has 0 saturated heterocycles. The van der Waals surface area contributed by atoms with E-state index in [2.05, 4.69) is 10.5 Å². The summed E-state index contributed by atoms with van der Waals surface area (Å²) < 4.78 is 10.3. The van der Waals surface area contributed by atoms with Gasteiger partial charge >= 0.3 is 0 Å². The van der Waals surface area contributed by atoms with Crippen LogP contribution >= 0.6 is 11.6 Å². The lowest BCUT2D eigenvalue weighted by Crippen LogP contribution is -2.17. The fourth-order valence-electron chi connectivity index (χ4n) is 2.00. The van der Waals surface area contributed by atoms with Crippen LogP contribution in [0.2, 0.25) is 5.02 Å². The smallest absolute Gasteiger partial charge is 0.271 e. The number of hydrazone groups is 1. The summed E-state index contributed by atoms with van der Waals surface area (Å²) in [7, 11) is 2.94. The second-order valence-corrected chi connectivity index (χ2v) is 5.15. The Hall–Kier alpha value is -3.13. The molecule has 0 aliphatic carbocycles. The van der Waals surface area contributed by atoms with Gasteiger partial charge in [-0.3, -0.25) is 14.9 Å². The second kappa shape index (κ2) is 8.11. The van der Waals surface area contributed by atoms with Gasteiger partial charge in [0.05, 0.1) is 30.4 Å². The molecular formula is C16H14ClN3O5. The molecule has 0 atom stereocenters. The van der Waals surface area contributed by atoms with E-state index in [1.807, 2.05) is 0 Å². The Morgan fingerprint density at radius 3 is 2.68 bits per heavy atom. The molecule has 0 saturated carbocycles. The molecule has 0 radical (unpaired) electrons. The highest BCUT2D eigenvalue weighted by Gasteiger charge is 2.12. The Bertz CT molecular complexity index is 839. The van der Waals surface area contributed by atoms with Gasteiger partial charge in [0.1, 0.15) is 0 Å². The third-order valence-electron chi connectivity index (χ3n) is 3.15. The highest BCUT2D eigenvalue weighted by molar-refractivity contribution is 6.32. The predicted molar refractivity (Wildman–Crippen MR) is 92.7 cm³/mol. The molecule has 25 heavy (non-hydrogen) atoms. The van der Waals surface area contributed by atoms with Gasteiger partial charge in [-0.1, -0.05) is 17.7 Å². The number of benzene rings is 2. The van der Waals surface area contributed by atoms with Crippen molar-refractivity contribution in [1.29, 1.82) is 0 Å². The highest BCUT2D eigenvalue weighted by atomic mass is 35.5. The van der Waals surface area contributed by atoms with Crippen molar-refractivity contribution in [2.24, 2.45) is 5.10 Å². The molecule has 8 nitrogen and oxygen atoms in total. The van der Waals surface area contributed by atoms with E-state index < -0.39 is 10.8 Å². The fourth-order valence-corrected chi connectivity index (χ4v) is 2.30. The molecule has 0 aliphatic heterocycles. The number of amides is 1. The monoisotopic (exact) mass is 363 g/mol. The van der Waals surface area contributed by atoms with E-state index in [4.69, 9.17) is 21.1 Å². The first-order valence-corrected chi connectivity index (χ1v) is 7.33. The number of ether oxygens (including phenoxy) is 2. The average molecular weight is 364 g/mol. The van der Waals surface area contributed by atoms with E-state index in [0.717, 1.165) is 6.07 Å². The van der Waals surface area contributed by atoms with Crippen LogP contribution in [0.25, 0.3) is 0 Å². The van der Waals surface area contributed by atoms with Gasteiger partial charge in [-0.2, -0.15) is 5.10 Å². The number of carbonyl (C=O) groups excluding carboxylic acids is 1. The summed E-state index contributed by atoms with van der Waals surface area (Å²) in [4.78, 5) is 22.1. The molecule has 1 N–H and O–H groups in total. The van der Waals surface area contributed by atoms with Crippen LogP contribution in [-0.4, -0.2) is 31.3 Å². The molecule has 0 heterocycles. The van der Waals surface area contributed by atoms with Gasteiger partial charge in [0.2, 0.25) is 0 Å². The normalized spacial score (nSPS) is 10.5. The largest absolute Gasteiger partial charge is 0.493 e. The van der Waals surface area contributed by atoms with Crippen molar-refractivity contribution in [2.45, 2.75) is 0 Å². The highest BCUT2D eigenvalue weighted by Crippen LogP contribution is 2.35. The molecule has 0 aromatic heterocycles. The standard InChI is InChI=1S/C16H14ClN3O5/c1-24-14-7-10(6-13(17)15(14)25-2)9-18-19-16(21)11-4-3-5-12(8-11)20(22)23/h3-9H,1-2H3,(H,19,21)/b18-9+. The number of nitro groups is 1. The molecule has 0 bridgehead atoms. The Labute approximate surface area is 148 Å². The minimum atomic E-state index is -0.578. The predicted octanol–water partition coefficient (Wildman–Crippen LogP) is 3.03. The van der Waals surface area contributed by atoms with E-state index in [1.165, 1.54) is 38.6 Å². The van der Waals surface area contributed by atoms with Gasteiger partial charge in [-0.25, -0.2) is 5.43 Å². The van der Waals surface area contributed by atoms with Crippen molar-refractivity contribution < 1.29 is 19.2 Å². The van der Waals surface area contributed by atoms with Crippen molar-refractivity contribution in [3.63, 3.8) is 0 Å². The number of hydrogen-bond donors (Lipinski definition) is 1.